The van der Waals surface area contributed by atoms with Gasteiger partial charge < -0.3 is 9.67 Å². The zero-order valence-electron chi connectivity index (χ0n) is 12.8. The number of hydrogen-bond acceptors (Lipinski definition) is 3. The van der Waals surface area contributed by atoms with Gasteiger partial charge in [-0.1, -0.05) is 31.5 Å². The molecule has 0 aliphatic rings. The van der Waals surface area contributed by atoms with Crippen LogP contribution in [0.15, 0.2) is 29.2 Å². The maximum atomic E-state index is 12.7. The lowest BCUT2D eigenvalue weighted by molar-refractivity contribution is -0.139. The van der Waals surface area contributed by atoms with E-state index in [2.05, 4.69) is 4.72 Å². The predicted octanol–water partition coefficient (Wildman–Crippen LogP) is 2.02. The van der Waals surface area contributed by atoms with Gasteiger partial charge in [-0.2, -0.15) is 4.72 Å². The molecule has 2 N–H and O–H groups in total. The van der Waals surface area contributed by atoms with Crippen molar-refractivity contribution in [1.82, 2.24) is 9.29 Å². The number of nitrogens with zero attached hydrogens (tertiary/aromatic N) is 1. The molecule has 0 fully saturated rings. The Labute approximate surface area is 129 Å². The van der Waals surface area contributed by atoms with Crippen molar-refractivity contribution < 1.29 is 18.3 Å². The Hall–Kier alpha value is -1.86. The van der Waals surface area contributed by atoms with Crippen molar-refractivity contribution in [2.75, 3.05) is 0 Å². The van der Waals surface area contributed by atoms with E-state index in [-0.39, 0.29) is 11.3 Å². The Balaban J connectivity index is 2.55. The topological polar surface area (TPSA) is 88.4 Å². The maximum Gasteiger partial charge on any atom is 0.321 e. The van der Waals surface area contributed by atoms with Crippen molar-refractivity contribution >= 4 is 26.9 Å². The van der Waals surface area contributed by atoms with Crippen molar-refractivity contribution in [1.29, 1.82) is 0 Å². The highest BCUT2D eigenvalue weighted by Gasteiger charge is 2.29. The second-order valence-electron chi connectivity index (χ2n) is 5.29. The summed E-state index contributed by atoms with van der Waals surface area (Å²) in [7, 11) is -2.13. The van der Waals surface area contributed by atoms with Crippen molar-refractivity contribution in [3.05, 3.63) is 30.0 Å². The zero-order valence-corrected chi connectivity index (χ0v) is 13.6. The van der Waals surface area contributed by atoms with Gasteiger partial charge in [-0.15, -0.1) is 0 Å². The maximum absolute atomic E-state index is 12.7. The number of hydrogen-bond donors (Lipinski definition) is 2. The van der Waals surface area contributed by atoms with Gasteiger partial charge in [0.15, 0.2) is 0 Å². The number of aromatic nitrogens is 1. The van der Waals surface area contributed by atoms with Crippen LogP contribution < -0.4 is 4.72 Å². The third kappa shape index (κ3) is 2.86. The van der Waals surface area contributed by atoms with Crippen molar-refractivity contribution in [3.8, 4) is 0 Å². The van der Waals surface area contributed by atoms with Crippen LogP contribution in [0, 0.1) is 6.92 Å². The lowest BCUT2D eigenvalue weighted by atomic mass is 10.2. The highest BCUT2D eigenvalue weighted by molar-refractivity contribution is 7.89. The highest BCUT2D eigenvalue weighted by Crippen LogP contribution is 2.28. The molecule has 0 aliphatic heterocycles. The Bertz CT molecular complexity index is 808. The largest absolute Gasteiger partial charge is 0.480 e. The molecule has 7 heteroatoms. The molecule has 0 aliphatic carbocycles. The third-order valence-corrected chi connectivity index (χ3v) is 5.43. The number of para-hydroxylation sites is 1. The van der Waals surface area contributed by atoms with Gasteiger partial charge in [0.25, 0.3) is 0 Å². The molecule has 0 amide bonds. The Morgan fingerprint density at radius 3 is 2.59 bits per heavy atom. The first kappa shape index (κ1) is 16.5. The lowest BCUT2D eigenvalue weighted by Crippen LogP contribution is -2.40. The van der Waals surface area contributed by atoms with Gasteiger partial charge >= 0.3 is 5.97 Å². The van der Waals surface area contributed by atoms with E-state index >= 15 is 0 Å². The summed E-state index contributed by atoms with van der Waals surface area (Å²) in [5, 5.41) is 9.76. The molecule has 1 heterocycles. The molecule has 120 valence electrons. The van der Waals surface area contributed by atoms with Gasteiger partial charge in [-0.25, -0.2) is 8.42 Å². The molecule has 2 rings (SSSR count). The summed E-state index contributed by atoms with van der Waals surface area (Å²) < 4.78 is 29.5. The summed E-state index contributed by atoms with van der Waals surface area (Å²) >= 11 is 0. The molecular weight excluding hydrogens is 304 g/mol. The molecule has 0 saturated carbocycles. The molecule has 1 atom stereocenters. The molecule has 0 saturated heterocycles. The standard InChI is InChI=1S/C15H20N2O4S/c1-4-7-12(15(18)19)16-22(20,21)14-10(2)17(3)13-9-6-5-8-11(13)14/h5-6,8-9,12,16H,4,7H2,1-3H3,(H,18,19). The summed E-state index contributed by atoms with van der Waals surface area (Å²) in [6, 6.07) is 6.05. The minimum absolute atomic E-state index is 0.146. The first-order valence-electron chi connectivity index (χ1n) is 7.08. The van der Waals surface area contributed by atoms with Gasteiger partial charge in [0, 0.05) is 23.6 Å². The number of nitrogens with one attached hydrogen (secondary N) is 1. The third-order valence-electron chi connectivity index (χ3n) is 3.78. The number of carboxylic acids is 1. The number of aliphatic carboxylic acids is 1. The molecular formula is C15H20N2O4S. The minimum Gasteiger partial charge on any atom is -0.480 e. The predicted molar refractivity (Wildman–Crippen MR) is 84.3 cm³/mol. The molecule has 6 nitrogen and oxygen atoms in total. The molecule has 1 unspecified atom stereocenters. The molecule has 22 heavy (non-hydrogen) atoms. The number of aryl methyl sites for hydroxylation is 1. The molecule has 0 radical (unpaired) electrons. The van der Waals surface area contributed by atoms with Crippen LogP contribution in [-0.2, 0) is 21.9 Å². The number of rotatable bonds is 6. The summed E-state index contributed by atoms with van der Waals surface area (Å²) in [6.45, 7) is 3.53. The van der Waals surface area contributed by atoms with Crippen LogP contribution >= 0.6 is 0 Å². The number of fused-ring (bicyclic) bond motifs is 1. The van der Waals surface area contributed by atoms with Gasteiger partial charge in [-0.05, 0) is 19.4 Å². The van der Waals surface area contributed by atoms with Crippen LogP contribution in [0.25, 0.3) is 10.9 Å². The lowest BCUT2D eigenvalue weighted by Gasteiger charge is -2.14. The van der Waals surface area contributed by atoms with E-state index in [1.807, 2.05) is 19.1 Å². The number of sulfonamides is 1. The summed E-state index contributed by atoms with van der Waals surface area (Å²) in [5.41, 5.74) is 1.37. The van der Waals surface area contributed by atoms with E-state index in [1.54, 1.807) is 30.7 Å². The van der Waals surface area contributed by atoms with Gasteiger partial charge in [0.2, 0.25) is 10.0 Å². The fraction of sp³-hybridized carbons (Fsp3) is 0.400. The van der Waals surface area contributed by atoms with Gasteiger partial charge in [0.05, 0.1) is 0 Å². The Morgan fingerprint density at radius 2 is 2.00 bits per heavy atom. The SMILES string of the molecule is CCCC(NS(=O)(=O)c1c(C)n(C)c2ccccc12)C(=O)O. The number of carbonyl (C=O) groups is 1. The average molecular weight is 324 g/mol. The van der Waals surface area contributed by atoms with E-state index < -0.39 is 22.0 Å². The van der Waals surface area contributed by atoms with E-state index in [0.29, 0.717) is 17.5 Å². The molecule has 0 bridgehead atoms. The smallest absolute Gasteiger partial charge is 0.321 e. The summed E-state index contributed by atoms with van der Waals surface area (Å²) in [4.78, 5) is 11.4. The fourth-order valence-corrected chi connectivity index (χ4v) is 4.29. The minimum atomic E-state index is -3.91. The quantitative estimate of drug-likeness (QED) is 0.851. The summed E-state index contributed by atoms with van der Waals surface area (Å²) in [5.74, 6) is -1.16. The van der Waals surface area contributed by atoms with Gasteiger partial charge in [-0.3, -0.25) is 4.79 Å². The first-order chi connectivity index (χ1) is 10.3. The van der Waals surface area contributed by atoms with Crippen LogP contribution in [-0.4, -0.2) is 30.1 Å². The second-order valence-corrected chi connectivity index (χ2v) is 6.94. The zero-order chi connectivity index (χ0) is 16.5. The van der Waals surface area contributed by atoms with Gasteiger partial charge in [0.1, 0.15) is 10.9 Å². The number of carboxylic acid groups (broad SMARTS) is 1. The highest BCUT2D eigenvalue weighted by atomic mass is 32.2. The van der Waals surface area contributed by atoms with Crippen LogP contribution in [0.3, 0.4) is 0 Å². The second kappa shape index (κ2) is 6.10. The first-order valence-corrected chi connectivity index (χ1v) is 8.57. The van der Waals surface area contributed by atoms with Crippen molar-refractivity contribution in [2.24, 2.45) is 7.05 Å². The van der Waals surface area contributed by atoms with Crippen LogP contribution in [0.5, 0.6) is 0 Å². The van der Waals surface area contributed by atoms with E-state index in [4.69, 9.17) is 0 Å². The summed E-state index contributed by atoms with van der Waals surface area (Å²) in [6.07, 6.45) is 0.826. The molecule has 2 aromatic rings. The number of benzene rings is 1. The van der Waals surface area contributed by atoms with Crippen molar-refractivity contribution in [2.45, 2.75) is 37.6 Å². The molecule has 1 aromatic carbocycles. The Kier molecular flexibility index (Phi) is 4.58. The molecule has 1 aromatic heterocycles. The van der Waals surface area contributed by atoms with Crippen LogP contribution in [0.2, 0.25) is 0 Å². The Morgan fingerprint density at radius 1 is 1.36 bits per heavy atom. The normalized spacial score (nSPS) is 13.4. The van der Waals surface area contributed by atoms with E-state index in [0.717, 1.165) is 5.52 Å². The van der Waals surface area contributed by atoms with Crippen LogP contribution in [0.1, 0.15) is 25.5 Å². The molecule has 0 spiro atoms. The van der Waals surface area contributed by atoms with Crippen molar-refractivity contribution in [3.63, 3.8) is 0 Å². The monoisotopic (exact) mass is 324 g/mol. The van der Waals surface area contributed by atoms with Crippen LogP contribution in [0.4, 0.5) is 0 Å². The fourth-order valence-electron chi connectivity index (χ4n) is 2.59. The van der Waals surface area contributed by atoms with E-state index in [1.165, 1.54) is 0 Å². The van der Waals surface area contributed by atoms with E-state index in [9.17, 15) is 18.3 Å². The average Bonchev–Trinajstić information content (AvgIpc) is 2.71.